The Labute approximate surface area is 175 Å². The number of rotatable bonds is 7. The van der Waals surface area contributed by atoms with Crippen molar-refractivity contribution < 1.29 is 22.4 Å². The number of nitrogens with zero attached hydrogens (tertiary/aromatic N) is 1. The predicted octanol–water partition coefficient (Wildman–Crippen LogP) is 3.81. The summed E-state index contributed by atoms with van der Waals surface area (Å²) in [5, 5.41) is 6.29. The molecule has 1 aromatic carbocycles. The Kier molecular flexibility index (Phi) is 7.07. The van der Waals surface area contributed by atoms with E-state index in [1.165, 1.54) is 6.07 Å². The minimum Gasteiger partial charge on any atom is -0.352 e. The summed E-state index contributed by atoms with van der Waals surface area (Å²) in [6.45, 7) is 6.03. The van der Waals surface area contributed by atoms with Crippen molar-refractivity contribution in [1.29, 1.82) is 0 Å². The third kappa shape index (κ3) is 5.32. The maximum absolute atomic E-state index is 13.5. The van der Waals surface area contributed by atoms with Crippen LogP contribution in [0.5, 0.6) is 0 Å². The zero-order valence-corrected chi connectivity index (χ0v) is 17.7. The van der Waals surface area contributed by atoms with Crippen molar-refractivity contribution in [2.24, 2.45) is 17.8 Å². The highest BCUT2D eigenvalue weighted by Gasteiger charge is 2.43. The second kappa shape index (κ2) is 9.22. The Morgan fingerprint density at radius 3 is 2.60 bits per heavy atom. The van der Waals surface area contributed by atoms with Crippen LogP contribution in [0.4, 0.5) is 17.6 Å². The summed E-state index contributed by atoms with van der Waals surface area (Å²) >= 11 is 0. The highest BCUT2D eigenvalue weighted by Crippen LogP contribution is 2.39. The highest BCUT2D eigenvalue weighted by atomic mass is 19.4. The number of amides is 1. The third-order valence-corrected chi connectivity index (χ3v) is 6.37. The smallest absolute Gasteiger partial charge is 0.352 e. The maximum atomic E-state index is 13.5. The number of alkyl halides is 3. The van der Waals surface area contributed by atoms with Crippen molar-refractivity contribution in [3.05, 3.63) is 35.1 Å². The first kappa shape index (κ1) is 23.0. The van der Waals surface area contributed by atoms with E-state index in [4.69, 9.17) is 0 Å². The first-order chi connectivity index (χ1) is 14.1. The summed E-state index contributed by atoms with van der Waals surface area (Å²) < 4.78 is 52.5. The molecule has 3 rings (SSSR count). The molecule has 1 aliphatic carbocycles. The third-order valence-electron chi connectivity index (χ3n) is 6.37. The summed E-state index contributed by atoms with van der Waals surface area (Å²) in [7, 11) is 1.79. The Bertz CT molecular complexity index is 752. The molecule has 4 nitrogen and oxygen atoms in total. The van der Waals surface area contributed by atoms with Gasteiger partial charge in [-0.2, -0.15) is 13.2 Å². The first-order valence-corrected chi connectivity index (χ1v) is 10.6. The predicted molar refractivity (Wildman–Crippen MR) is 107 cm³/mol. The number of benzene rings is 1. The van der Waals surface area contributed by atoms with Crippen LogP contribution < -0.4 is 10.6 Å². The molecular weight excluding hydrogens is 398 g/mol. The molecule has 2 unspecified atom stereocenters. The average molecular weight is 430 g/mol. The second-order valence-electron chi connectivity index (χ2n) is 9.09. The molecule has 1 aliphatic heterocycles. The van der Waals surface area contributed by atoms with Crippen LogP contribution in [0.2, 0.25) is 0 Å². The fourth-order valence-corrected chi connectivity index (χ4v) is 4.92. The molecule has 0 bridgehead atoms. The van der Waals surface area contributed by atoms with E-state index in [-0.39, 0.29) is 18.0 Å². The molecule has 8 heteroatoms. The van der Waals surface area contributed by atoms with Crippen LogP contribution >= 0.6 is 0 Å². The van der Waals surface area contributed by atoms with Gasteiger partial charge in [0.1, 0.15) is 5.82 Å². The van der Waals surface area contributed by atoms with Crippen LogP contribution in [0.25, 0.3) is 0 Å². The number of halogens is 4. The molecule has 0 aromatic heterocycles. The van der Waals surface area contributed by atoms with Crippen molar-refractivity contribution in [1.82, 2.24) is 15.5 Å². The number of likely N-dealkylation sites (tertiary alicyclic amines) is 1. The summed E-state index contributed by atoms with van der Waals surface area (Å²) in [4.78, 5) is 14.8. The van der Waals surface area contributed by atoms with Crippen LogP contribution in [0, 0.1) is 23.6 Å². The first-order valence-electron chi connectivity index (χ1n) is 10.6. The fraction of sp³-hybridized carbons (Fsp3) is 0.682. The quantitative estimate of drug-likeness (QED) is 0.648. The van der Waals surface area contributed by atoms with Crippen LogP contribution in [0.15, 0.2) is 18.2 Å². The van der Waals surface area contributed by atoms with E-state index in [9.17, 15) is 22.4 Å². The van der Waals surface area contributed by atoms with Gasteiger partial charge in [-0.25, -0.2) is 4.39 Å². The molecule has 1 heterocycles. The minimum atomic E-state index is -4.70. The maximum Gasteiger partial charge on any atom is 0.419 e. The Balaban J connectivity index is 1.60. The summed E-state index contributed by atoms with van der Waals surface area (Å²) in [6.07, 6.45) is -2.00. The molecule has 4 atom stereocenters. The minimum absolute atomic E-state index is 0.0173. The zero-order chi connectivity index (χ0) is 22.1. The van der Waals surface area contributed by atoms with E-state index in [1.807, 2.05) is 0 Å². The van der Waals surface area contributed by atoms with E-state index < -0.39 is 17.6 Å². The van der Waals surface area contributed by atoms with Gasteiger partial charge in [0.05, 0.1) is 11.6 Å². The van der Waals surface area contributed by atoms with Gasteiger partial charge in [0, 0.05) is 25.7 Å². The van der Waals surface area contributed by atoms with Gasteiger partial charge < -0.3 is 10.6 Å². The van der Waals surface area contributed by atoms with Crippen molar-refractivity contribution >= 4 is 5.91 Å². The van der Waals surface area contributed by atoms with Crippen LogP contribution in [0.1, 0.15) is 44.2 Å². The van der Waals surface area contributed by atoms with Crippen molar-refractivity contribution in [3.63, 3.8) is 0 Å². The average Bonchev–Trinajstić information content (AvgIpc) is 3.21. The van der Waals surface area contributed by atoms with Gasteiger partial charge in [0.2, 0.25) is 5.91 Å². The zero-order valence-electron chi connectivity index (χ0n) is 17.7. The molecule has 2 aliphatic rings. The molecule has 2 N–H and O–H groups in total. The lowest BCUT2D eigenvalue weighted by atomic mass is 9.97. The Hall–Kier alpha value is -1.67. The van der Waals surface area contributed by atoms with Crippen molar-refractivity contribution in [3.8, 4) is 0 Å². The number of carbonyl (C=O) groups is 1. The van der Waals surface area contributed by atoms with Crippen molar-refractivity contribution in [2.75, 3.05) is 20.1 Å². The fourth-order valence-electron chi connectivity index (χ4n) is 4.92. The van der Waals surface area contributed by atoms with E-state index in [0.29, 0.717) is 29.9 Å². The monoisotopic (exact) mass is 429 g/mol. The summed E-state index contributed by atoms with van der Waals surface area (Å²) in [6, 6.07) is 3.09. The molecule has 1 aromatic rings. The lowest BCUT2D eigenvalue weighted by Gasteiger charge is -2.25. The van der Waals surface area contributed by atoms with E-state index >= 15 is 0 Å². The van der Waals surface area contributed by atoms with Crippen LogP contribution in [-0.4, -0.2) is 43.0 Å². The number of hydrogen-bond donors (Lipinski definition) is 2. The SMILES string of the molecule is CN[C@@H](CC(C)C)C(=O)NC1CC[C@H]2CN(Cc3ccc(F)c(C(F)(F)F)c3)CC12. The number of hydrogen-bond acceptors (Lipinski definition) is 3. The lowest BCUT2D eigenvalue weighted by Crippen LogP contribution is -2.49. The Morgan fingerprint density at radius 1 is 1.23 bits per heavy atom. The summed E-state index contributed by atoms with van der Waals surface area (Å²) in [5.41, 5.74) is -0.760. The largest absolute Gasteiger partial charge is 0.419 e. The molecule has 1 saturated heterocycles. The normalized spacial score (nSPS) is 25.5. The molecule has 2 fully saturated rings. The van der Waals surface area contributed by atoms with E-state index in [0.717, 1.165) is 44.5 Å². The van der Waals surface area contributed by atoms with Crippen molar-refractivity contribution in [2.45, 2.75) is 57.9 Å². The molecule has 1 saturated carbocycles. The molecule has 1 amide bonds. The van der Waals surface area contributed by atoms with Gasteiger partial charge in [-0.3, -0.25) is 9.69 Å². The second-order valence-corrected chi connectivity index (χ2v) is 9.09. The van der Waals surface area contributed by atoms with Gasteiger partial charge in [-0.1, -0.05) is 19.9 Å². The van der Waals surface area contributed by atoms with Gasteiger partial charge in [0.25, 0.3) is 0 Å². The van der Waals surface area contributed by atoms with Gasteiger partial charge in [-0.05, 0) is 61.8 Å². The molecule has 0 radical (unpaired) electrons. The number of fused-ring (bicyclic) bond motifs is 1. The molecule has 168 valence electrons. The number of carbonyl (C=O) groups excluding carboxylic acids is 1. The number of nitrogens with one attached hydrogen (secondary N) is 2. The van der Waals surface area contributed by atoms with Gasteiger partial charge in [-0.15, -0.1) is 0 Å². The topological polar surface area (TPSA) is 44.4 Å². The Morgan fingerprint density at radius 2 is 1.97 bits per heavy atom. The van der Waals surface area contributed by atoms with E-state index in [1.54, 1.807) is 7.05 Å². The summed E-state index contributed by atoms with van der Waals surface area (Å²) in [5.74, 6) is -0.0933. The highest BCUT2D eigenvalue weighted by molar-refractivity contribution is 5.82. The molecule has 0 spiro atoms. The molecule has 30 heavy (non-hydrogen) atoms. The molecular formula is C22H31F4N3O. The van der Waals surface area contributed by atoms with Crippen LogP contribution in [-0.2, 0) is 17.5 Å². The van der Waals surface area contributed by atoms with E-state index in [2.05, 4.69) is 29.4 Å². The van der Waals surface area contributed by atoms with Gasteiger partial charge >= 0.3 is 6.18 Å². The standard InChI is InChI=1S/C22H31F4N3O/c1-13(2)8-20(27-3)21(30)28-19-7-5-15-11-29(12-16(15)19)10-14-4-6-18(23)17(9-14)22(24,25)26/h4,6,9,13,15-16,19-20,27H,5,7-8,10-12H2,1-3H3,(H,28,30)/t15-,16?,19?,20-/m0/s1. The van der Waals surface area contributed by atoms with Crippen LogP contribution in [0.3, 0.4) is 0 Å². The lowest BCUT2D eigenvalue weighted by molar-refractivity contribution is -0.140. The van der Waals surface area contributed by atoms with Gasteiger partial charge in [0.15, 0.2) is 0 Å². The number of likely N-dealkylation sites (N-methyl/N-ethyl adjacent to an activating group) is 1.